The lowest BCUT2D eigenvalue weighted by molar-refractivity contribution is -0.133. The minimum Gasteiger partial charge on any atom is -0.340 e. The summed E-state index contributed by atoms with van der Waals surface area (Å²) in [5, 5.41) is 0. The van der Waals surface area contributed by atoms with Gasteiger partial charge in [-0.3, -0.25) is 4.79 Å². The van der Waals surface area contributed by atoms with Gasteiger partial charge in [0.15, 0.2) is 0 Å². The number of carbonyl (C=O) groups excluding carboxylic acids is 1. The van der Waals surface area contributed by atoms with Gasteiger partial charge in [0.05, 0.1) is 0 Å². The highest BCUT2D eigenvalue weighted by Gasteiger charge is 2.38. The van der Waals surface area contributed by atoms with Gasteiger partial charge in [-0.05, 0) is 25.7 Å². The summed E-state index contributed by atoms with van der Waals surface area (Å²) >= 11 is 0. The molecule has 1 amide bonds. The van der Waals surface area contributed by atoms with Gasteiger partial charge in [-0.1, -0.05) is 19.3 Å². The molecule has 0 radical (unpaired) electrons. The highest BCUT2D eigenvalue weighted by Crippen LogP contribution is 2.31. The maximum Gasteiger partial charge on any atom is 0.282 e. The summed E-state index contributed by atoms with van der Waals surface area (Å²) < 4.78 is 28.6. The minimum absolute atomic E-state index is 0.143. The first-order valence-electron chi connectivity index (χ1n) is 8.52. The molecule has 0 unspecified atom stereocenters. The maximum absolute atomic E-state index is 12.8. The number of rotatable bonds is 4. The minimum atomic E-state index is -3.39. The monoisotopic (exact) mass is 329 g/mol. The fraction of sp³-hybridized carbons (Fsp3) is 0.933. The van der Waals surface area contributed by atoms with Crippen LogP contribution in [0.25, 0.3) is 0 Å². The van der Waals surface area contributed by atoms with Crippen LogP contribution >= 0.6 is 0 Å². The van der Waals surface area contributed by atoms with Crippen LogP contribution in [0.4, 0.5) is 0 Å². The van der Waals surface area contributed by atoms with Crippen molar-refractivity contribution in [1.82, 2.24) is 13.5 Å². The SMILES string of the molecule is CN(C1CCCCC1)S(=O)(=O)N1CCN(C(=O)C2CC2)CC1. The average molecular weight is 329 g/mol. The molecule has 0 N–H and O–H groups in total. The topological polar surface area (TPSA) is 60.9 Å². The van der Waals surface area contributed by atoms with E-state index in [2.05, 4.69) is 0 Å². The van der Waals surface area contributed by atoms with E-state index in [1.807, 2.05) is 4.90 Å². The fourth-order valence-electron chi connectivity index (χ4n) is 3.54. The third kappa shape index (κ3) is 3.31. The predicted octanol–water partition coefficient (Wildman–Crippen LogP) is 1.05. The first-order valence-corrected chi connectivity index (χ1v) is 9.92. The molecule has 2 aliphatic carbocycles. The van der Waals surface area contributed by atoms with E-state index in [0.29, 0.717) is 26.2 Å². The van der Waals surface area contributed by atoms with E-state index in [9.17, 15) is 13.2 Å². The summed E-state index contributed by atoms with van der Waals surface area (Å²) in [5.74, 6) is 0.436. The van der Waals surface area contributed by atoms with Crippen LogP contribution in [0.5, 0.6) is 0 Å². The van der Waals surface area contributed by atoms with E-state index in [1.165, 1.54) is 6.42 Å². The van der Waals surface area contributed by atoms with Crippen LogP contribution in [-0.4, -0.2) is 67.1 Å². The molecule has 22 heavy (non-hydrogen) atoms. The first-order chi connectivity index (χ1) is 10.5. The summed E-state index contributed by atoms with van der Waals surface area (Å²) in [6, 6.07) is 0.143. The van der Waals surface area contributed by atoms with Gasteiger partial charge in [0.1, 0.15) is 0 Å². The summed E-state index contributed by atoms with van der Waals surface area (Å²) in [7, 11) is -1.67. The Bertz CT molecular complexity index is 504. The summed E-state index contributed by atoms with van der Waals surface area (Å²) in [6.07, 6.45) is 7.39. The molecule has 3 rings (SSSR count). The zero-order chi connectivity index (χ0) is 15.7. The Morgan fingerprint density at radius 3 is 2.09 bits per heavy atom. The molecule has 0 atom stereocenters. The molecule has 126 valence electrons. The van der Waals surface area contributed by atoms with Crippen LogP contribution in [0.1, 0.15) is 44.9 Å². The van der Waals surface area contributed by atoms with Gasteiger partial charge in [0.2, 0.25) is 5.91 Å². The van der Waals surface area contributed by atoms with E-state index in [0.717, 1.165) is 38.5 Å². The molecule has 3 aliphatic rings. The standard InChI is InChI=1S/C15H27N3O3S/c1-16(14-5-3-2-4-6-14)22(20,21)18-11-9-17(10-12-18)15(19)13-7-8-13/h13-14H,2-12H2,1H3. The van der Waals surface area contributed by atoms with Gasteiger partial charge in [-0.2, -0.15) is 17.0 Å². The Balaban J connectivity index is 1.57. The van der Waals surface area contributed by atoms with Crippen molar-refractivity contribution in [3.8, 4) is 0 Å². The third-order valence-electron chi connectivity index (χ3n) is 5.26. The van der Waals surface area contributed by atoms with Gasteiger partial charge in [0.25, 0.3) is 10.2 Å². The molecule has 6 nitrogen and oxygen atoms in total. The van der Waals surface area contributed by atoms with Crippen molar-refractivity contribution in [1.29, 1.82) is 0 Å². The summed E-state index contributed by atoms with van der Waals surface area (Å²) in [5.41, 5.74) is 0. The third-order valence-corrected chi connectivity index (χ3v) is 7.30. The average Bonchev–Trinajstić information content (AvgIpc) is 3.39. The Hall–Kier alpha value is -0.660. The van der Waals surface area contributed by atoms with Crippen LogP contribution in [-0.2, 0) is 15.0 Å². The maximum atomic E-state index is 12.8. The molecule has 0 aromatic carbocycles. The molecule has 0 bridgehead atoms. The first kappa shape index (κ1) is 16.2. The normalized spacial score (nSPS) is 25.6. The Morgan fingerprint density at radius 2 is 1.55 bits per heavy atom. The van der Waals surface area contributed by atoms with Crippen molar-refractivity contribution in [3.63, 3.8) is 0 Å². The molecule has 0 spiro atoms. The van der Waals surface area contributed by atoms with Crippen LogP contribution in [0.15, 0.2) is 0 Å². The lowest BCUT2D eigenvalue weighted by atomic mass is 9.96. The molecule has 1 aliphatic heterocycles. The second-order valence-electron chi connectivity index (χ2n) is 6.81. The van der Waals surface area contributed by atoms with E-state index < -0.39 is 10.2 Å². The van der Waals surface area contributed by atoms with Crippen LogP contribution < -0.4 is 0 Å². The zero-order valence-electron chi connectivity index (χ0n) is 13.4. The fourth-order valence-corrected chi connectivity index (χ4v) is 5.12. The van der Waals surface area contributed by atoms with E-state index >= 15 is 0 Å². The van der Waals surface area contributed by atoms with Gasteiger partial charge in [-0.15, -0.1) is 0 Å². The second kappa shape index (κ2) is 6.45. The van der Waals surface area contributed by atoms with Crippen LogP contribution in [0.2, 0.25) is 0 Å². The highest BCUT2D eigenvalue weighted by molar-refractivity contribution is 7.86. The quantitative estimate of drug-likeness (QED) is 0.774. The van der Waals surface area contributed by atoms with Crippen LogP contribution in [0.3, 0.4) is 0 Å². The van der Waals surface area contributed by atoms with Crippen molar-refractivity contribution in [2.75, 3.05) is 33.2 Å². The number of nitrogens with zero attached hydrogens (tertiary/aromatic N) is 3. The number of amides is 1. The van der Waals surface area contributed by atoms with Crippen molar-refractivity contribution < 1.29 is 13.2 Å². The van der Waals surface area contributed by atoms with Crippen molar-refractivity contribution in [3.05, 3.63) is 0 Å². The largest absolute Gasteiger partial charge is 0.340 e. The molecule has 1 heterocycles. The van der Waals surface area contributed by atoms with E-state index in [1.54, 1.807) is 15.7 Å². The Labute approximate surface area is 133 Å². The van der Waals surface area contributed by atoms with Crippen LogP contribution in [0, 0.1) is 5.92 Å². The molecule has 0 aromatic rings. The molecule has 2 saturated carbocycles. The molecule has 7 heteroatoms. The van der Waals surface area contributed by atoms with E-state index in [4.69, 9.17) is 0 Å². The smallest absolute Gasteiger partial charge is 0.282 e. The zero-order valence-corrected chi connectivity index (χ0v) is 14.2. The molecule has 1 saturated heterocycles. The highest BCUT2D eigenvalue weighted by atomic mass is 32.2. The van der Waals surface area contributed by atoms with Crippen molar-refractivity contribution >= 4 is 16.1 Å². The molecular weight excluding hydrogens is 302 g/mol. The summed E-state index contributed by atoms with van der Waals surface area (Å²) in [4.78, 5) is 13.9. The predicted molar refractivity (Wildman–Crippen MR) is 84.4 cm³/mol. The number of piperazine rings is 1. The number of hydrogen-bond donors (Lipinski definition) is 0. The lowest BCUT2D eigenvalue weighted by Gasteiger charge is -2.38. The van der Waals surface area contributed by atoms with Gasteiger partial charge in [0, 0.05) is 45.2 Å². The van der Waals surface area contributed by atoms with Crippen molar-refractivity contribution in [2.45, 2.75) is 51.0 Å². The number of carbonyl (C=O) groups is 1. The lowest BCUT2D eigenvalue weighted by Crippen LogP contribution is -2.55. The second-order valence-corrected chi connectivity index (χ2v) is 8.80. The Kier molecular flexibility index (Phi) is 4.75. The molecule has 3 fully saturated rings. The van der Waals surface area contributed by atoms with Gasteiger partial charge >= 0.3 is 0 Å². The van der Waals surface area contributed by atoms with Gasteiger partial charge < -0.3 is 4.90 Å². The van der Waals surface area contributed by atoms with E-state index in [-0.39, 0.29) is 17.9 Å². The number of hydrogen-bond acceptors (Lipinski definition) is 3. The summed E-state index contributed by atoms with van der Waals surface area (Å²) in [6.45, 7) is 1.93. The molecular formula is C15H27N3O3S. The Morgan fingerprint density at radius 1 is 0.955 bits per heavy atom. The molecule has 0 aromatic heterocycles. The van der Waals surface area contributed by atoms with Gasteiger partial charge in [-0.25, -0.2) is 0 Å². The van der Waals surface area contributed by atoms with Crippen molar-refractivity contribution in [2.24, 2.45) is 5.92 Å².